The molecule has 0 aromatic heterocycles. The molecule has 0 radical (unpaired) electrons. The summed E-state index contributed by atoms with van der Waals surface area (Å²) in [6, 6.07) is 0.542. The Bertz CT molecular complexity index is 357. The second-order valence-electron chi connectivity index (χ2n) is 6.66. The maximum absolute atomic E-state index is 12.7. The smallest absolute Gasteiger partial charge is 0.242 e. The fourth-order valence-electron chi connectivity index (χ4n) is 3.98. The lowest BCUT2D eigenvalue weighted by Gasteiger charge is -2.33. The SMILES string of the molecule is C[C@H]1OCCN[C@@H]1C(=O)N1CCCC(N2CCCC2)CC1. The summed E-state index contributed by atoms with van der Waals surface area (Å²) in [5.41, 5.74) is 0. The third-order valence-corrected chi connectivity index (χ3v) is 5.25. The highest BCUT2D eigenvalue weighted by Crippen LogP contribution is 2.22. The minimum atomic E-state index is -0.151. The van der Waals surface area contributed by atoms with Gasteiger partial charge in [0.05, 0.1) is 12.7 Å². The standard InChI is InChI=1S/C16H29N3O2/c1-13-15(17-7-12-21-13)16(20)19-10-4-5-14(6-11-19)18-8-2-3-9-18/h13-15,17H,2-12H2,1H3/t13-,14?,15+/m1/s1. The van der Waals surface area contributed by atoms with Crippen molar-refractivity contribution in [3.63, 3.8) is 0 Å². The fourth-order valence-corrected chi connectivity index (χ4v) is 3.98. The van der Waals surface area contributed by atoms with Crippen LogP contribution in [0.4, 0.5) is 0 Å². The van der Waals surface area contributed by atoms with Crippen LogP contribution in [0.25, 0.3) is 0 Å². The van der Waals surface area contributed by atoms with Crippen LogP contribution in [0.15, 0.2) is 0 Å². The molecule has 3 aliphatic heterocycles. The van der Waals surface area contributed by atoms with Gasteiger partial charge in [0.2, 0.25) is 5.91 Å². The molecule has 3 heterocycles. The van der Waals surface area contributed by atoms with Gasteiger partial charge in [0.25, 0.3) is 0 Å². The zero-order chi connectivity index (χ0) is 14.7. The zero-order valence-corrected chi connectivity index (χ0v) is 13.2. The van der Waals surface area contributed by atoms with E-state index >= 15 is 0 Å². The summed E-state index contributed by atoms with van der Waals surface area (Å²) in [6.07, 6.45) is 6.19. The van der Waals surface area contributed by atoms with E-state index in [1.54, 1.807) is 0 Å². The minimum Gasteiger partial charge on any atom is -0.375 e. The number of morpholine rings is 1. The van der Waals surface area contributed by atoms with Crippen LogP contribution in [-0.4, -0.2) is 73.2 Å². The molecule has 21 heavy (non-hydrogen) atoms. The Labute approximate surface area is 128 Å². The van der Waals surface area contributed by atoms with Gasteiger partial charge in [-0.25, -0.2) is 0 Å². The lowest BCUT2D eigenvalue weighted by atomic mass is 10.1. The van der Waals surface area contributed by atoms with E-state index < -0.39 is 0 Å². The van der Waals surface area contributed by atoms with Gasteiger partial charge < -0.3 is 19.9 Å². The first-order valence-electron chi connectivity index (χ1n) is 8.63. The van der Waals surface area contributed by atoms with Gasteiger partial charge in [0.1, 0.15) is 6.04 Å². The van der Waals surface area contributed by atoms with E-state index in [0.717, 1.165) is 32.5 Å². The van der Waals surface area contributed by atoms with Crippen molar-refractivity contribution < 1.29 is 9.53 Å². The molecule has 5 nitrogen and oxygen atoms in total. The summed E-state index contributed by atoms with van der Waals surface area (Å²) in [6.45, 7) is 7.83. The lowest BCUT2D eigenvalue weighted by molar-refractivity contribution is -0.139. The molecule has 5 heteroatoms. The van der Waals surface area contributed by atoms with Crippen molar-refractivity contribution in [1.82, 2.24) is 15.1 Å². The molecule has 3 aliphatic rings. The van der Waals surface area contributed by atoms with Crippen LogP contribution in [0.2, 0.25) is 0 Å². The summed E-state index contributed by atoms with van der Waals surface area (Å²) >= 11 is 0. The zero-order valence-electron chi connectivity index (χ0n) is 13.2. The number of nitrogens with one attached hydrogen (secondary N) is 1. The molecule has 1 amide bonds. The lowest BCUT2D eigenvalue weighted by Crippen LogP contribution is -2.56. The van der Waals surface area contributed by atoms with Crippen molar-refractivity contribution in [2.24, 2.45) is 0 Å². The molecular weight excluding hydrogens is 266 g/mol. The van der Waals surface area contributed by atoms with Crippen molar-refractivity contribution in [3.8, 4) is 0 Å². The fraction of sp³-hybridized carbons (Fsp3) is 0.938. The maximum Gasteiger partial charge on any atom is 0.242 e. The van der Waals surface area contributed by atoms with E-state index in [0.29, 0.717) is 12.6 Å². The number of carbonyl (C=O) groups excluding carboxylic acids is 1. The van der Waals surface area contributed by atoms with Crippen LogP contribution in [-0.2, 0) is 9.53 Å². The Balaban J connectivity index is 1.55. The van der Waals surface area contributed by atoms with E-state index in [2.05, 4.69) is 15.1 Å². The molecule has 3 atom stereocenters. The van der Waals surface area contributed by atoms with Crippen molar-refractivity contribution >= 4 is 5.91 Å². The molecule has 0 bridgehead atoms. The Morgan fingerprint density at radius 3 is 2.67 bits per heavy atom. The molecule has 120 valence electrons. The van der Waals surface area contributed by atoms with Gasteiger partial charge in [-0.3, -0.25) is 4.79 Å². The average molecular weight is 295 g/mol. The van der Waals surface area contributed by atoms with Crippen LogP contribution in [0, 0.1) is 0 Å². The number of rotatable bonds is 2. The van der Waals surface area contributed by atoms with E-state index in [-0.39, 0.29) is 18.1 Å². The molecule has 3 fully saturated rings. The van der Waals surface area contributed by atoms with Crippen molar-refractivity contribution in [3.05, 3.63) is 0 Å². The summed E-state index contributed by atoms with van der Waals surface area (Å²) < 4.78 is 5.62. The third kappa shape index (κ3) is 3.58. The molecule has 3 rings (SSSR count). The van der Waals surface area contributed by atoms with E-state index in [1.165, 1.54) is 32.4 Å². The van der Waals surface area contributed by atoms with Crippen molar-refractivity contribution in [2.75, 3.05) is 39.3 Å². The topological polar surface area (TPSA) is 44.8 Å². The van der Waals surface area contributed by atoms with Crippen molar-refractivity contribution in [2.45, 2.75) is 57.2 Å². The van der Waals surface area contributed by atoms with Crippen LogP contribution in [0.3, 0.4) is 0 Å². The first-order chi connectivity index (χ1) is 10.3. The monoisotopic (exact) mass is 295 g/mol. The minimum absolute atomic E-state index is 0.0103. The largest absolute Gasteiger partial charge is 0.375 e. The number of hydrogen-bond donors (Lipinski definition) is 1. The first-order valence-corrected chi connectivity index (χ1v) is 8.63. The maximum atomic E-state index is 12.7. The van der Waals surface area contributed by atoms with Crippen LogP contribution in [0.1, 0.15) is 39.0 Å². The molecule has 0 spiro atoms. The number of hydrogen-bond acceptors (Lipinski definition) is 4. The third-order valence-electron chi connectivity index (χ3n) is 5.25. The van der Waals surface area contributed by atoms with E-state index in [4.69, 9.17) is 4.74 Å². The normalized spacial score (nSPS) is 35.7. The van der Waals surface area contributed by atoms with Gasteiger partial charge in [-0.2, -0.15) is 0 Å². The molecular formula is C16H29N3O2. The molecule has 0 aromatic carbocycles. The summed E-state index contributed by atoms with van der Waals surface area (Å²) in [5, 5.41) is 3.33. The highest BCUT2D eigenvalue weighted by atomic mass is 16.5. The number of nitrogens with zero attached hydrogens (tertiary/aromatic N) is 2. The van der Waals surface area contributed by atoms with Gasteiger partial charge in [-0.05, 0) is 52.1 Å². The quantitative estimate of drug-likeness (QED) is 0.820. The highest BCUT2D eigenvalue weighted by molar-refractivity contribution is 5.82. The molecule has 0 aromatic rings. The highest BCUT2D eigenvalue weighted by Gasteiger charge is 2.33. The number of likely N-dealkylation sites (tertiary alicyclic amines) is 2. The molecule has 1 unspecified atom stereocenters. The predicted molar refractivity (Wildman–Crippen MR) is 82.2 cm³/mol. The average Bonchev–Trinajstić information content (AvgIpc) is 2.92. The van der Waals surface area contributed by atoms with Gasteiger partial charge >= 0.3 is 0 Å². The van der Waals surface area contributed by atoms with Crippen LogP contribution >= 0.6 is 0 Å². The van der Waals surface area contributed by atoms with E-state index in [1.807, 2.05) is 6.92 Å². The Morgan fingerprint density at radius 1 is 1.10 bits per heavy atom. The molecule has 0 saturated carbocycles. The summed E-state index contributed by atoms with van der Waals surface area (Å²) in [7, 11) is 0. The second kappa shape index (κ2) is 7.07. The Hall–Kier alpha value is -0.650. The first kappa shape index (κ1) is 15.3. The van der Waals surface area contributed by atoms with Crippen LogP contribution < -0.4 is 5.32 Å². The van der Waals surface area contributed by atoms with Crippen LogP contribution in [0.5, 0.6) is 0 Å². The second-order valence-corrected chi connectivity index (χ2v) is 6.66. The van der Waals surface area contributed by atoms with Gasteiger partial charge in [0.15, 0.2) is 0 Å². The van der Waals surface area contributed by atoms with Gasteiger partial charge in [-0.1, -0.05) is 0 Å². The van der Waals surface area contributed by atoms with Crippen molar-refractivity contribution in [1.29, 1.82) is 0 Å². The predicted octanol–water partition coefficient (Wildman–Crippen LogP) is 0.840. The molecule has 3 saturated heterocycles. The Morgan fingerprint density at radius 2 is 1.90 bits per heavy atom. The number of amides is 1. The van der Waals surface area contributed by atoms with Gasteiger partial charge in [-0.15, -0.1) is 0 Å². The number of ether oxygens (including phenoxy) is 1. The number of carbonyl (C=O) groups is 1. The van der Waals surface area contributed by atoms with E-state index in [9.17, 15) is 4.79 Å². The summed E-state index contributed by atoms with van der Waals surface area (Å²) in [4.78, 5) is 17.4. The van der Waals surface area contributed by atoms with Gasteiger partial charge in [0, 0.05) is 25.7 Å². The Kier molecular flexibility index (Phi) is 5.14. The summed E-state index contributed by atoms with van der Waals surface area (Å²) in [5.74, 6) is 0.240. The molecule has 1 N–H and O–H groups in total. The molecule has 0 aliphatic carbocycles.